The molecule has 5 nitrogen and oxygen atoms in total. The fourth-order valence-corrected chi connectivity index (χ4v) is 2.43. The lowest BCUT2D eigenvalue weighted by molar-refractivity contribution is -0.384. The first-order valence-electron chi connectivity index (χ1n) is 6.29. The van der Waals surface area contributed by atoms with Gasteiger partial charge in [0.05, 0.1) is 16.4 Å². The second-order valence-electron chi connectivity index (χ2n) is 4.41. The molecule has 0 fully saturated rings. The molecule has 0 aliphatic rings. The predicted octanol–water partition coefficient (Wildman–Crippen LogP) is 3.63. The molecule has 108 valence electrons. The van der Waals surface area contributed by atoms with Crippen LogP contribution in [0.2, 0.25) is 0 Å². The minimum Gasteiger partial charge on any atom is -0.325 e. The van der Waals surface area contributed by atoms with Gasteiger partial charge in [0.1, 0.15) is 0 Å². The molecule has 0 aromatic heterocycles. The number of hydrogen-bond acceptors (Lipinski definition) is 4. The summed E-state index contributed by atoms with van der Waals surface area (Å²) in [5, 5.41) is 13.5. The highest BCUT2D eigenvalue weighted by molar-refractivity contribution is 8.00. The number of carbonyl (C=O) groups is 1. The molecule has 21 heavy (non-hydrogen) atoms. The van der Waals surface area contributed by atoms with Crippen molar-refractivity contribution in [2.24, 2.45) is 0 Å². The average molecular weight is 302 g/mol. The molecule has 0 spiro atoms. The van der Waals surface area contributed by atoms with Crippen LogP contribution in [0.3, 0.4) is 0 Å². The predicted molar refractivity (Wildman–Crippen MR) is 83.6 cm³/mol. The van der Waals surface area contributed by atoms with Gasteiger partial charge >= 0.3 is 0 Å². The number of amides is 1. The average Bonchev–Trinajstić information content (AvgIpc) is 2.48. The number of non-ortho nitro benzene ring substituents is 1. The zero-order valence-electron chi connectivity index (χ0n) is 11.4. The first kappa shape index (κ1) is 15.1. The number of thioether (sulfide) groups is 1. The van der Waals surface area contributed by atoms with Crippen LogP contribution < -0.4 is 5.32 Å². The monoisotopic (exact) mass is 302 g/mol. The van der Waals surface area contributed by atoms with Gasteiger partial charge in [-0.1, -0.05) is 24.3 Å². The quantitative estimate of drug-likeness (QED) is 0.520. The minimum absolute atomic E-state index is 0.0355. The van der Waals surface area contributed by atoms with E-state index in [-0.39, 0.29) is 17.3 Å². The summed E-state index contributed by atoms with van der Waals surface area (Å²) in [4.78, 5) is 23.2. The molecule has 2 aromatic carbocycles. The van der Waals surface area contributed by atoms with E-state index >= 15 is 0 Å². The highest BCUT2D eigenvalue weighted by atomic mass is 32.2. The first-order valence-corrected chi connectivity index (χ1v) is 7.27. The van der Waals surface area contributed by atoms with Gasteiger partial charge in [0.2, 0.25) is 5.91 Å². The third kappa shape index (κ3) is 4.32. The molecular weight excluding hydrogens is 288 g/mol. The van der Waals surface area contributed by atoms with Gasteiger partial charge in [0.15, 0.2) is 0 Å². The Labute approximate surface area is 126 Å². The van der Waals surface area contributed by atoms with Gasteiger partial charge in [-0.25, -0.2) is 0 Å². The summed E-state index contributed by atoms with van der Waals surface area (Å²) in [6.07, 6.45) is 0. The SMILES string of the molecule is Cc1ccc([N+](=O)[O-])cc1NC(=O)CSc1ccccc1. The molecule has 0 saturated carbocycles. The molecular formula is C15H14N2O3S. The Morgan fingerprint density at radius 3 is 2.62 bits per heavy atom. The van der Waals surface area contributed by atoms with Crippen LogP contribution in [-0.2, 0) is 4.79 Å². The van der Waals surface area contributed by atoms with Crippen LogP contribution in [0.4, 0.5) is 11.4 Å². The van der Waals surface area contributed by atoms with Crippen molar-refractivity contribution in [1.82, 2.24) is 0 Å². The molecule has 0 heterocycles. The van der Waals surface area contributed by atoms with Gasteiger partial charge in [-0.2, -0.15) is 0 Å². The number of rotatable bonds is 5. The highest BCUT2D eigenvalue weighted by Gasteiger charge is 2.11. The standard InChI is InChI=1S/C15H14N2O3S/c1-11-7-8-12(17(19)20)9-14(11)16-15(18)10-21-13-5-3-2-4-6-13/h2-9H,10H2,1H3,(H,16,18). The second kappa shape index (κ2) is 6.90. The van der Waals surface area contributed by atoms with Gasteiger partial charge in [-0.3, -0.25) is 14.9 Å². The number of hydrogen-bond donors (Lipinski definition) is 1. The Bertz CT molecular complexity index is 659. The Morgan fingerprint density at radius 1 is 1.24 bits per heavy atom. The number of nitro groups is 1. The summed E-state index contributed by atoms with van der Waals surface area (Å²) in [5.41, 5.74) is 1.23. The molecule has 1 amide bonds. The van der Waals surface area contributed by atoms with Crippen molar-refractivity contribution in [3.8, 4) is 0 Å². The van der Waals surface area contributed by atoms with E-state index in [1.165, 1.54) is 23.9 Å². The van der Waals surface area contributed by atoms with Gasteiger partial charge in [0, 0.05) is 17.0 Å². The van der Waals surface area contributed by atoms with Gasteiger partial charge in [0.25, 0.3) is 5.69 Å². The third-order valence-corrected chi connectivity index (χ3v) is 3.83. The lowest BCUT2D eigenvalue weighted by Gasteiger charge is -2.08. The second-order valence-corrected chi connectivity index (χ2v) is 5.45. The largest absolute Gasteiger partial charge is 0.325 e. The van der Waals surface area contributed by atoms with E-state index in [1.807, 2.05) is 30.3 Å². The van der Waals surface area contributed by atoms with Crippen molar-refractivity contribution < 1.29 is 9.72 Å². The number of anilines is 1. The fourth-order valence-electron chi connectivity index (χ4n) is 1.71. The van der Waals surface area contributed by atoms with Crippen LogP contribution in [-0.4, -0.2) is 16.6 Å². The van der Waals surface area contributed by atoms with Crippen molar-refractivity contribution in [3.63, 3.8) is 0 Å². The molecule has 6 heteroatoms. The van der Waals surface area contributed by atoms with E-state index in [2.05, 4.69) is 5.32 Å². The number of benzene rings is 2. The van der Waals surface area contributed by atoms with Crippen LogP contribution in [0, 0.1) is 17.0 Å². The molecule has 2 rings (SSSR count). The normalized spacial score (nSPS) is 10.1. The molecule has 0 bridgehead atoms. The van der Waals surface area contributed by atoms with Crippen molar-refractivity contribution in [2.45, 2.75) is 11.8 Å². The number of nitro benzene ring substituents is 1. The van der Waals surface area contributed by atoms with Crippen LogP contribution in [0.25, 0.3) is 0 Å². The molecule has 0 aliphatic carbocycles. The molecule has 2 aromatic rings. The van der Waals surface area contributed by atoms with Crippen molar-refractivity contribution in [3.05, 3.63) is 64.2 Å². The Balaban J connectivity index is 1.99. The van der Waals surface area contributed by atoms with E-state index in [4.69, 9.17) is 0 Å². The topological polar surface area (TPSA) is 72.2 Å². The Morgan fingerprint density at radius 2 is 1.95 bits per heavy atom. The molecule has 0 atom stereocenters. The lowest BCUT2D eigenvalue weighted by Crippen LogP contribution is -2.15. The Hall–Kier alpha value is -2.34. The summed E-state index contributed by atoms with van der Waals surface area (Å²) in [7, 11) is 0. The minimum atomic E-state index is -0.478. The van der Waals surface area contributed by atoms with Gasteiger partial charge < -0.3 is 5.32 Å². The zero-order chi connectivity index (χ0) is 15.2. The van der Waals surface area contributed by atoms with Crippen LogP contribution >= 0.6 is 11.8 Å². The maximum absolute atomic E-state index is 11.9. The Kier molecular flexibility index (Phi) is 4.94. The molecule has 0 saturated heterocycles. The lowest BCUT2D eigenvalue weighted by atomic mass is 10.2. The van der Waals surface area contributed by atoms with E-state index in [0.717, 1.165) is 10.5 Å². The van der Waals surface area contributed by atoms with E-state index < -0.39 is 4.92 Å². The summed E-state index contributed by atoms with van der Waals surface area (Å²) in [6.45, 7) is 1.80. The summed E-state index contributed by atoms with van der Waals surface area (Å²) < 4.78 is 0. The maximum atomic E-state index is 11.9. The first-order chi connectivity index (χ1) is 10.1. The summed E-state index contributed by atoms with van der Waals surface area (Å²) >= 11 is 1.42. The van der Waals surface area contributed by atoms with Crippen LogP contribution in [0.1, 0.15) is 5.56 Å². The van der Waals surface area contributed by atoms with Crippen molar-refractivity contribution >= 4 is 29.0 Å². The highest BCUT2D eigenvalue weighted by Crippen LogP contribution is 2.23. The van der Waals surface area contributed by atoms with E-state index in [9.17, 15) is 14.9 Å². The zero-order valence-corrected chi connectivity index (χ0v) is 12.2. The number of carbonyl (C=O) groups excluding carboxylic acids is 1. The van der Waals surface area contributed by atoms with E-state index in [1.54, 1.807) is 13.0 Å². The van der Waals surface area contributed by atoms with Crippen LogP contribution in [0.15, 0.2) is 53.4 Å². The van der Waals surface area contributed by atoms with Crippen molar-refractivity contribution in [1.29, 1.82) is 0 Å². The number of nitrogens with zero attached hydrogens (tertiary/aromatic N) is 1. The van der Waals surface area contributed by atoms with Crippen LogP contribution in [0.5, 0.6) is 0 Å². The maximum Gasteiger partial charge on any atom is 0.271 e. The fraction of sp³-hybridized carbons (Fsp3) is 0.133. The molecule has 0 aliphatic heterocycles. The molecule has 0 radical (unpaired) electrons. The third-order valence-electron chi connectivity index (χ3n) is 2.82. The number of nitrogens with one attached hydrogen (secondary N) is 1. The summed E-state index contributed by atoms with van der Waals surface area (Å²) in [5.74, 6) is 0.0686. The van der Waals surface area contributed by atoms with E-state index in [0.29, 0.717) is 5.69 Å². The smallest absolute Gasteiger partial charge is 0.271 e. The number of aryl methyl sites for hydroxylation is 1. The van der Waals surface area contributed by atoms with Crippen molar-refractivity contribution in [2.75, 3.05) is 11.1 Å². The molecule has 1 N–H and O–H groups in total. The molecule has 0 unspecified atom stereocenters. The summed E-state index contributed by atoms with van der Waals surface area (Å²) in [6, 6.07) is 14.0. The van der Waals surface area contributed by atoms with Gasteiger partial charge in [-0.05, 0) is 24.6 Å². The van der Waals surface area contributed by atoms with Gasteiger partial charge in [-0.15, -0.1) is 11.8 Å².